The van der Waals surface area contributed by atoms with E-state index in [0.29, 0.717) is 16.3 Å². The normalized spacial score (nSPS) is 10.2. The highest BCUT2D eigenvalue weighted by Gasteiger charge is 2.10. The Balaban J connectivity index is 2.55. The average molecular weight is 222 g/mol. The fourth-order valence-corrected chi connectivity index (χ4v) is 1.44. The summed E-state index contributed by atoms with van der Waals surface area (Å²) >= 11 is 5.93. The van der Waals surface area contributed by atoms with Crippen LogP contribution >= 0.6 is 11.6 Å². The number of hydrogen-bond acceptors (Lipinski definition) is 2. The van der Waals surface area contributed by atoms with E-state index in [-0.39, 0.29) is 5.56 Å². The molecule has 0 bridgehead atoms. The summed E-state index contributed by atoms with van der Waals surface area (Å²) in [4.78, 5) is 10.8. The van der Waals surface area contributed by atoms with Gasteiger partial charge in [0.2, 0.25) is 0 Å². The van der Waals surface area contributed by atoms with Crippen LogP contribution < -0.4 is 0 Å². The molecule has 0 spiro atoms. The smallest absolute Gasteiger partial charge is 0.335 e. The molecule has 0 atom stereocenters. The van der Waals surface area contributed by atoms with Crippen LogP contribution in [-0.2, 0) is 0 Å². The summed E-state index contributed by atoms with van der Waals surface area (Å²) in [6.45, 7) is 0. The quantitative estimate of drug-likeness (QED) is 0.848. The molecule has 2 aromatic rings. The van der Waals surface area contributed by atoms with E-state index in [1.54, 1.807) is 12.1 Å². The molecule has 4 heteroatoms. The van der Waals surface area contributed by atoms with Crippen LogP contribution in [-0.4, -0.2) is 11.1 Å². The number of hydrogen-bond donors (Lipinski definition) is 1. The predicted octanol–water partition coefficient (Wildman–Crippen LogP) is 3.10. The lowest BCUT2D eigenvalue weighted by atomic mass is 10.1. The van der Waals surface area contributed by atoms with Crippen LogP contribution in [0.1, 0.15) is 10.4 Å². The molecule has 1 N–H and O–H groups in total. The summed E-state index contributed by atoms with van der Waals surface area (Å²) < 4.78 is 5.03. The summed E-state index contributed by atoms with van der Waals surface area (Å²) in [5.41, 5.74) is 0.726. The molecule has 2 rings (SSSR count). The number of aromatic carboxylic acids is 1. The van der Waals surface area contributed by atoms with Crippen molar-refractivity contribution in [2.24, 2.45) is 0 Å². The Morgan fingerprint density at radius 3 is 2.80 bits per heavy atom. The van der Waals surface area contributed by atoms with Gasteiger partial charge in [-0.25, -0.2) is 4.79 Å². The summed E-state index contributed by atoms with van der Waals surface area (Å²) in [6, 6.07) is 7.72. The second-order valence-electron chi connectivity index (χ2n) is 2.92. The van der Waals surface area contributed by atoms with E-state index < -0.39 is 5.97 Å². The number of carbonyl (C=O) groups is 1. The molecule has 0 amide bonds. The van der Waals surface area contributed by atoms with E-state index in [1.807, 2.05) is 0 Å². The standard InChI is InChI=1S/C11H6ClO3/c12-9-4-3-7(11(13)14)6-8(9)10-2-1-5-15-10/h1-4,6H,(H,13,14). The Kier molecular flexibility index (Phi) is 2.47. The molecule has 1 heterocycles. The molecule has 1 aromatic carbocycles. The number of carboxylic acids is 1. The molecule has 0 aliphatic carbocycles. The minimum atomic E-state index is -0.997. The molecule has 0 saturated carbocycles. The summed E-state index contributed by atoms with van der Waals surface area (Å²) in [5.74, 6) is -0.494. The van der Waals surface area contributed by atoms with Crippen LogP contribution in [0, 0.1) is 6.26 Å². The van der Waals surface area contributed by atoms with Gasteiger partial charge in [0.1, 0.15) is 5.76 Å². The molecule has 0 aliphatic heterocycles. The Morgan fingerprint density at radius 2 is 2.20 bits per heavy atom. The number of furan rings is 1. The molecule has 0 aliphatic rings. The highest BCUT2D eigenvalue weighted by Crippen LogP contribution is 2.28. The van der Waals surface area contributed by atoms with Crippen LogP contribution in [0.4, 0.5) is 0 Å². The van der Waals surface area contributed by atoms with Gasteiger partial charge in [-0.1, -0.05) is 11.6 Å². The van der Waals surface area contributed by atoms with E-state index in [9.17, 15) is 4.79 Å². The van der Waals surface area contributed by atoms with Crippen molar-refractivity contribution >= 4 is 17.6 Å². The maximum Gasteiger partial charge on any atom is 0.335 e. The van der Waals surface area contributed by atoms with Crippen molar-refractivity contribution in [1.29, 1.82) is 0 Å². The van der Waals surface area contributed by atoms with Crippen molar-refractivity contribution in [2.75, 3.05) is 0 Å². The van der Waals surface area contributed by atoms with Crippen LogP contribution in [0.5, 0.6) is 0 Å². The molecule has 1 aromatic heterocycles. The molecule has 0 fully saturated rings. The van der Waals surface area contributed by atoms with Crippen molar-refractivity contribution in [3.8, 4) is 11.3 Å². The third-order valence-corrected chi connectivity index (χ3v) is 2.28. The first kappa shape index (κ1) is 9.80. The number of rotatable bonds is 2. The minimum absolute atomic E-state index is 0.172. The lowest BCUT2D eigenvalue weighted by Crippen LogP contribution is -1.96. The molecular weight excluding hydrogens is 216 g/mol. The maximum absolute atomic E-state index is 10.8. The van der Waals surface area contributed by atoms with Gasteiger partial charge in [0.05, 0.1) is 10.6 Å². The molecule has 75 valence electrons. The van der Waals surface area contributed by atoms with Gasteiger partial charge in [0, 0.05) is 5.56 Å². The van der Waals surface area contributed by atoms with Gasteiger partial charge in [-0.3, -0.25) is 0 Å². The first-order valence-corrected chi connectivity index (χ1v) is 4.55. The van der Waals surface area contributed by atoms with E-state index >= 15 is 0 Å². The minimum Gasteiger partial charge on any atom is -0.478 e. The van der Waals surface area contributed by atoms with Crippen LogP contribution in [0.2, 0.25) is 5.02 Å². The fourth-order valence-electron chi connectivity index (χ4n) is 1.23. The van der Waals surface area contributed by atoms with Crippen molar-refractivity contribution in [1.82, 2.24) is 0 Å². The van der Waals surface area contributed by atoms with Gasteiger partial charge < -0.3 is 9.52 Å². The highest BCUT2D eigenvalue weighted by molar-refractivity contribution is 6.33. The Morgan fingerprint density at radius 1 is 1.40 bits per heavy atom. The number of benzene rings is 1. The Bertz CT molecular complexity index is 489. The zero-order valence-electron chi connectivity index (χ0n) is 7.53. The fraction of sp³-hybridized carbons (Fsp3) is 0. The number of halogens is 1. The van der Waals surface area contributed by atoms with Crippen LogP contribution in [0.3, 0.4) is 0 Å². The summed E-state index contributed by atoms with van der Waals surface area (Å²) in [5, 5.41) is 9.26. The number of carboxylic acid groups (broad SMARTS) is 1. The van der Waals surface area contributed by atoms with E-state index in [1.165, 1.54) is 18.2 Å². The first-order chi connectivity index (χ1) is 7.18. The van der Waals surface area contributed by atoms with Crippen molar-refractivity contribution in [2.45, 2.75) is 0 Å². The SMILES string of the molecule is O=C(O)c1ccc(Cl)c(-c2cc[c]o2)c1. The third kappa shape index (κ3) is 1.87. The monoisotopic (exact) mass is 221 g/mol. The highest BCUT2D eigenvalue weighted by atomic mass is 35.5. The van der Waals surface area contributed by atoms with Gasteiger partial charge >= 0.3 is 5.97 Å². The topological polar surface area (TPSA) is 50.4 Å². The Hall–Kier alpha value is -1.74. The van der Waals surface area contributed by atoms with E-state index in [0.717, 1.165) is 0 Å². The van der Waals surface area contributed by atoms with Gasteiger partial charge in [0.25, 0.3) is 0 Å². The van der Waals surface area contributed by atoms with Crippen LogP contribution in [0.15, 0.2) is 34.7 Å². The van der Waals surface area contributed by atoms with Gasteiger partial charge in [-0.05, 0) is 30.3 Å². The average Bonchev–Trinajstić information content (AvgIpc) is 2.71. The molecule has 0 saturated heterocycles. The lowest BCUT2D eigenvalue weighted by molar-refractivity contribution is 0.0697. The van der Waals surface area contributed by atoms with E-state index in [2.05, 4.69) is 6.26 Å². The second kappa shape index (κ2) is 3.79. The summed E-state index contributed by atoms with van der Waals surface area (Å²) in [6.07, 6.45) is 2.52. The van der Waals surface area contributed by atoms with Crippen molar-refractivity contribution in [3.05, 3.63) is 47.2 Å². The molecule has 0 unspecified atom stereocenters. The molecular formula is C11H6ClO3. The van der Waals surface area contributed by atoms with Crippen molar-refractivity contribution < 1.29 is 14.3 Å². The maximum atomic E-state index is 10.8. The zero-order valence-corrected chi connectivity index (χ0v) is 8.28. The molecule has 15 heavy (non-hydrogen) atoms. The second-order valence-corrected chi connectivity index (χ2v) is 3.32. The Labute approximate surface area is 90.9 Å². The third-order valence-electron chi connectivity index (χ3n) is 1.95. The lowest BCUT2D eigenvalue weighted by Gasteiger charge is -2.01. The largest absolute Gasteiger partial charge is 0.478 e. The molecule has 1 radical (unpaired) electrons. The van der Waals surface area contributed by atoms with Gasteiger partial charge in [0.15, 0.2) is 6.26 Å². The van der Waals surface area contributed by atoms with Gasteiger partial charge in [-0.2, -0.15) is 0 Å². The van der Waals surface area contributed by atoms with Crippen LogP contribution in [0.25, 0.3) is 11.3 Å². The predicted molar refractivity (Wildman–Crippen MR) is 54.9 cm³/mol. The van der Waals surface area contributed by atoms with Gasteiger partial charge in [-0.15, -0.1) is 0 Å². The first-order valence-electron chi connectivity index (χ1n) is 4.17. The zero-order chi connectivity index (χ0) is 10.8. The van der Waals surface area contributed by atoms with E-state index in [4.69, 9.17) is 21.1 Å². The molecule has 3 nitrogen and oxygen atoms in total. The van der Waals surface area contributed by atoms with Crippen molar-refractivity contribution in [3.63, 3.8) is 0 Å². The summed E-state index contributed by atoms with van der Waals surface area (Å²) in [7, 11) is 0.